The van der Waals surface area contributed by atoms with E-state index in [2.05, 4.69) is 22.3 Å². The van der Waals surface area contributed by atoms with Gasteiger partial charge in [0, 0.05) is 29.7 Å². The Kier molecular flexibility index (Phi) is 4.10. The highest BCUT2D eigenvalue weighted by atomic mass is 32.2. The van der Waals surface area contributed by atoms with Crippen LogP contribution in [-0.2, 0) is 0 Å². The van der Waals surface area contributed by atoms with Crippen LogP contribution in [0.1, 0.15) is 18.4 Å². The fraction of sp³-hybridized carbons (Fsp3) is 0.263. The minimum atomic E-state index is -0.245. The second kappa shape index (κ2) is 6.40. The van der Waals surface area contributed by atoms with E-state index in [0.717, 1.165) is 18.0 Å². The maximum atomic E-state index is 13.5. The van der Waals surface area contributed by atoms with Crippen molar-refractivity contribution in [3.63, 3.8) is 0 Å². The van der Waals surface area contributed by atoms with Gasteiger partial charge >= 0.3 is 0 Å². The molecule has 0 bridgehead atoms. The van der Waals surface area contributed by atoms with E-state index in [1.807, 2.05) is 12.1 Å². The fourth-order valence-electron chi connectivity index (χ4n) is 2.77. The van der Waals surface area contributed by atoms with Gasteiger partial charge in [-0.2, -0.15) is 0 Å². The van der Waals surface area contributed by atoms with Gasteiger partial charge in [0.25, 0.3) is 0 Å². The topological polar surface area (TPSA) is 24.5 Å². The Morgan fingerprint density at radius 1 is 1.12 bits per heavy atom. The van der Waals surface area contributed by atoms with Crippen LogP contribution in [-0.4, -0.2) is 13.1 Å². The first-order valence-corrected chi connectivity index (χ1v) is 8.89. The molecule has 24 heavy (non-hydrogen) atoms. The summed E-state index contributed by atoms with van der Waals surface area (Å²) in [6.45, 7) is 3.74. The number of halogens is 1. The first-order valence-electron chi connectivity index (χ1n) is 8.15. The highest BCUT2D eigenvalue weighted by molar-refractivity contribution is 7.95. The van der Waals surface area contributed by atoms with Crippen molar-refractivity contribution in [2.75, 3.05) is 18.0 Å². The van der Waals surface area contributed by atoms with Crippen molar-refractivity contribution in [2.45, 2.75) is 24.7 Å². The van der Waals surface area contributed by atoms with Gasteiger partial charge in [-0.15, -0.1) is 0 Å². The van der Waals surface area contributed by atoms with Crippen molar-refractivity contribution in [2.24, 2.45) is 0 Å². The highest BCUT2D eigenvalue weighted by Crippen LogP contribution is 2.35. The molecule has 0 spiro atoms. The van der Waals surface area contributed by atoms with Crippen LogP contribution >= 0.6 is 12.0 Å². The summed E-state index contributed by atoms with van der Waals surface area (Å²) < 4.78 is 19.1. The van der Waals surface area contributed by atoms with E-state index in [1.54, 1.807) is 19.1 Å². The SMILES string of the molecule is Cc1ccc(OSc2ccc(N3CCNC3=C3CC3)cc2)cc1F. The number of nitrogens with zero attached hydrogens (tertiary/aromatic N) is 1. The molecular weight excluding hydrogens is 323 g/mol. The number of benzene rings is 2. The van der Waals surface area contributed by atoms with Crippen LogP contribution in [0, 0.1) is 12.7 Å². The second-order valence-corrected chi connectivity index (χ2v) is 6.91. The largest absolute Gasteiger partial charge is 0.421 e. The number of aryl methyl sites for hydroxylation is 1. The van der Waals surface area contributed by atoms with E-state index < -0.39 is 0 Å². The van der Waals surface area contributed by atoms with Gasteiger partial charge in [-0.1, -0.05) is 6.07 Å². The van der Waals surface area contributed by atoms with Crippen molar-refractivity contribution in [1.82, 2.24) is 5.32 Å². The normalized spacial score (nSPS) is 16.3. The molecule has 2 aromatic carbocycles. The van der Waals surface area contributed by atoms with Gasteiger partial charge in [-0.05, 0) is 61.2 Å². The van der Waals surface area contributed by atoms with Crippen LogP contribution < -0.4 is 14.4 Å². The third kappa shape index (κ3) is 3.22. The molecule has 1 heterocycles. The zero-order chi connectivity index (χ0) is 16.5. The molecule has 5 heteroatoms. The van der Waals surface area contributed by atoms with Crippen LogP contribution in [0.15, 0.2) is 58.8 Å². The van der Waals surface area contributed by atoms with Gasteiger partial charge in [0.2, 0.25) is 0 Å². The molecule has 0 atom stereocenters. The Labute approximate surface area is 145 Å². The number of nitrogens with one attached hydrogen (secondary N) is 1. The van der Waals surface area contributed by atoms with Crippen LogP contribution in [0.4, 0.5) is 10.1 Å². The van der Waals surface area contributed by atoms with Crippen LogP contribution in [0.5, 0.6) is 5.75 Å². The molecule has 2 aromatic rings. The Morgan fingerprint density at radius 2 is 1.92 bits per heavy atom. The van der Waals surface area contributed by atoms with Gasteiger partial charge in [-0.3, -0.25) is 0 Å². The summed E-state index contributed by atoms with van der Waals surface area (Å²) in [5.41, 5.74) is 3.34. The lowest BCUT2D eigenvalue weighted by atomic mass is 10.2. The number of allylic oxidation sites excluding steroid dienone is 1. The molecule has 0 aromatic heterocycles. The Hall–Kier alpha value is -2.14. The van der Waals surface area contributed by atoms with Gasteiger partial charge < -0.3 is 14.4 Å². The van der Waals surface area contributed by atoms with Crippen molar-refractivity contribution in [3.8, 4) is 5.75 Å². The molecule has 1 N–H and O–H groups in total. The standard InChI is InChI=1S/C19H19FN2OS/c1-13-2-7-16(12-18(13)20)23-24-17-8-5-15(6-9-17)22-11-10-21-19(22)14-3-4-14/h2,5-9,12,21H,3-4,10-11H2,1H3. The van der Waals surface area contributed by atoms with E-state index in [0.29, 0.717) is 11.3 Å². The summed E-state index contributed by atoms with van der Waals surface area (Å²) in [5, 5.41) is 3.48. The van der Waals surface area contributed by atoms with Gasteiger partial charge in [0.15, 0.2) is 0 Å². The average Bonchev–Trinajstić information content (AvgIpc) is 3.33. The maximum Gasteiger partial charge on any atom is 0.140 e. The Morgan fingerprint density at radius 3 is 2.62 bits per heavy atom. The minimum Gasteiger partial charge on any atom is -0.421 e. The summed E-state index contributed by atoms with van der Waals surface area (Å²) in [6.07, 6.45) is 2.43. The molecule has 1 aliphatic carbocycles. The van der Waals surface area contributed by atoms with Crippen LogP contribution in [0.3, 0.4) is 0 Å². The lowest BCUT2D eigenvalue weighted by Gasteiger charge is -2.19. The molecule has 0 amide bonds. The second-order valence-electron chi connectivity index (χ2n) is 6.10. The summed E-state index contributed by atoms with van der Waals surface area (Å²) in [6, 6.07) is 13.2. The molecular formula is C19H19FN2OS. The average molecular weight is 342 g/mol. The first-order chi connectivity index (χ1) is 11.7. The summed E-state index contributed by atoms with van der Waals surface area (Å²) in [4.78, 5) is 3.33. The molecule has 1 saturated heterocycles. The highest BCUT2D eigenvalue weighted by Gasteiger charge is 2.26. The van der Waals surface area contributed by atoms with Crippen molar-refractivity contribution in [3.05, 3.63) is 65.2 Å². The molecule has 1 saturated carbocycles. The van der Waals surface area contributed by atoms with Gasteiger partial charge in [-0.25, -0.2) is 4.39 Å². The molecule has 3 nitrogen and oxygen atoms in total. The predicted octanol–water partition coefficient (Wildman–Crippen LogP) is 4.64. The van der Waals surface area contributed by atoms with E-state index in [1.165, 1.54) is 48.0 Å². The fourth-order valence-corrected chi connectivity index (χ4v) is 3.31. The number of hydrogen-bond donors (Lipinski definition) is 1. The van der Waals surface area contributed by atoms with Gasteiger partial charge in [0.05, 0.1) is 12.0 Å². The first kappa shape index (κ1) is 15.4. The van der Waals surface area contributed by atoms with Gasteiger partial charge in [0.1, 0.15) is 17.4 Å². The smallest absolute Gasteiger partial charge is 0.140 e. The predicted molar refractivity (Wildman–Crippen MR) is 95.7 cm³/mol. The van der Waals surface area contributed by atoms with Crippen LogP contribution in [0.2, 0.25) is 0 Å². The molecule has 2 fully saturated rings. The number of hydrogen-bond acceptors (Lipinski definition) is 4. The summed E-state index contributed by atoms with van der Waals surface area (Å²) in [5.74, 6) is 1.57. The van der Waals surface area contributed by atoms with E-state index >= 15 is 0 Å². The van der Waals surface area contributed by atoms with E-state index in [9.17, 15) is 4.39 Å². The third-order valence-corrected chi connectivity index (χ3v) is 5.00. The maximum absolute atomic E-state index is 13.5. The quantitative estimate of drug-likeness (QED) is 0.819. The monoisotopic (exact) mass is 342 g/mol. The minimum absolute atomic E-state index is 0.245. The van der Waals surface area contributed by atoms with Crippen LogP contribution in [0.25, 0.3) is 0 Å². The molecule has 2 aliphatic rings. The summed E-state index contributed by atoms with van der Waals surface area (Å²) in [7, 11) is 0. The lowest BCUT2D eigenvalue weighted by Crippen LogP contribution is -2.19. The molecule has 0 radical (unpaired) electrons. The summed E-state index contributed by atoms with van der Waals surface area (Å²) >= 11 is 1.25. The third-order valence-electron chi connectivity index (χ3n) is 4.26. The van der Waals surface area contributed by atoms with E-state index in [-0.39, 0.29) is 5.82 Å². The van der Waals surface area contributed by atoms with Crippen molar-refractivity contribution >= 4 is 17.7 Å². The van der Waals surface area contributed by atoms with Crippen molar-refractivity contribution in [1.29, 1.82) is 0 Å². The van der Waals surface area contributed by atoms with E-state index in [4.69, 9.17) is 4.18 Å². The number of rotatable bonds is 4. The Bertz CT molecular complexity index is 782. The van der Waals surface area contributed by atoms with Crippen molar-refractivity contribution < 1.29 is 8.57 Å². The zero-order valence-electron chi connectivity index (χ0n) is 13.5. The molecule has 1 aliphatic heterocycles. The lowest BCUT2D eigenvalue weighted by molar-refractivity contribution is 0.593. The molecule has 0 unspecified atom stereocenters. The zero-order valence-corrected chi connectivity index (χ0v) is 14.3. The molecule has 124 valence electrons. The number of anilines is 1. The molecule has 4 rings (SSSR count). The Balaban J connectivity index is 1.42.